The molecule has 0 spiro atoms. The third-order valence-electron chi connectivity index (χ3n) is 5.74. The summed E-state index contributed by atoms with van der Waals surface area (Å²) < 4.78 is 0. The SMILES string of the molecule is CSc1nc(SCC(=O)N(c2ccccc2)c2ccccc2)c2c3c(sc2n1)C[NH+](C)CC3. The predicted molar refractivity (Wildman–Crippen MR) is 139 cm³/mol. The third-order valence-corrected chi connectivity index (χ3v) is 8.37. The number of rotatable bonds is 6. The second kappa shape index (κ2) is 9.85. The first-order valence-corrected chi connectivity index (χ1v) is 13.9. The number of thiophene rings is 1. The molecule has 0 radical (unpaired) electrons. The number of nitrogens with zero attached hydrogens (tertiary/aromatic N) is 3. The summed E-state index contributed by atoms with van der Waals surface area (Å²) in [7, 11) is 2.24. The summed E-state index contributed by atoms with van der Waals surface area (Å²) in [6, 6.07) is 19.6. The molecule has 0 saturated heterocycles. The second-order valence-electron chi connectivity index (χ2n) is 8.02. The van der Waals surface area contributed by atoms with E-state index >= 15 is 0 Å². The van der Waals surface area contributed by atoms with Crippen molar-refractivity contribution in [2.24, 2.45) is 0 Å². The van der Waals surface area contributed by atoms with Gasteiger partial charge >= 0.3 is 0 Å². The number of para-hydroxylation sites is 2. The third kappa shape index (κ3) is 4.66. The Morgan fingerprint density at radius 3 is 2.36 bits per heavy atom. The Labute approximate surface area is 206 Å². The predicted octanol–water partition coefficient (Wildman–Crippen LogP) is 4.44. The number of fused-ring (bicyclic) bond motifs is 3. The molecule has 3 heterocycles. The van der Waals surface area contributed by atoms with E-state index < -0.39 is 0 Å². The van der Waals surface area contributed by atoms with E-state index in [0.29, 0.717) is 5.75 Å². The van der Waals surface area contributed by atoms with Crippen LogP contribution in [0.5, 0.6) is 0 Å². The number of thioether (sulfide) groups is 2. The smallest absolute Gasteiger partial charge is 0.241 e. The van der Waals surface area contributed by atoms with Gasteiger partial charge in [0.2, 0.25) is 5.91 Å². The van der Waals surface area contributed by atoms with Gasteiger partial charge < -0.3 is 4.90 Å². The largest absolute Gasteiger partial charge is 0.333 e. The molecule has 1 aliphatic rings. The molecule has 1 unspecified atom stereocenters. The van der Waals surface area contributed by atoms with Gasteiger partial charge in [-0.1, -0.05) is 59.9 Å². The summed E-state index contributed by atoms with van der Waals surface area (Å²) >= 11 is 4.86. The van der Waals surface area contributed by atoms with Crippen LogP contribution in [0.15, 0.2) is 70.8 Å². The zero-order chi connectivity index (χ0) is 22.8. The maximum absolute atomic E-state index is 13.5. The van der Waals surface area contributed by atoms with E-state index in [-0.39, 0.29) is 5.91 Å². The molecule has 1 amide bonds. The van der Waals surface area contributed by atoms with Crippen LogP contribution < -0.4 is 9.80 Å². The lowest BCUT2D eigenvalue weighted by Gasteiger charge is -2.23. The van der Waals surface area contributed by atoms with Crippen molar-refractivity contribution in [3.05, 3.63) is 71.1 Å². The average Bonchev–Trinajstić information content (AvgIpc) is 3.21. The Hall–Kier alpha value is -2.39. The van der Waals surface area contributed by atoms with Crippen LogP contribution in [0.2, 0.25) is 0 Å². The molecule has 168 valence electrons. The minimum Gasteiger partial charge on any atom is -0.333 e. The van der Waals surface area contributed by atoms with Crippen LogP contribution in [0.25, 0.3) is 10.2 Å². The number of aromatic nitrogens is 2. The number of benzene rings is 2. The maximum Gasteiger partial charge on any atom is 0.241 e. The summed E-state index contributed by atoms with van der Waals surface area (Å²) in [5.74, 6) is 0.336. The summed E-state index contributed by atoms with van der Waals surface area (Å²) in [6.45, 7) is 2.14. The molecule has 0 fully saturated rings. The highest BCUT2D eigenvalue weighted by Gasteiger charge is 2.26. The van der Waals surface area contributed by atoms with E-state index in [1.807, 2.05) is 66.9 Å². The second-order valence-corrected chi connectivity index (χ2v) is 10.8. The number of likely N-dealkylation sites (N-methyl/N-ethyl adjacent to an activating group) is 1. The van der Waals surface area contributed by atoms with Gasteiger partial charge in [-0.3, -0.25) is 9.69 Å². The lowest BCUT2D eigenvalue weighted by Crippen LogP contribution is -3.08. The standard InChI is InChI=1S/C25H24N4OS3/c1-28-14-13-19-20(15-28)33-24-22(19)23(26-25(27-24)31-2)32-16-21(30)29(17-9-5-3-6-10-17)18-11-7-4-8-12-18/h3-12H,13-16H2,1-2H3/p+1. The first kappa shape index (κ1) is 22.4. The van der Waals surface area contributed by atoms with E-state index in [0.717, 1.165) is 51.3 Å². The van der Waals surface area contributed by atoms with Crippen molar-refractivity contribution in [3.8, 4) is 0 Å². The minimum atomic E-state index is 0.0307. The molecule has 0 aliphatic carbocycles. The normalized spacial score (nSPS) is 15.4. The van der Waals surface area contributed by atoms with Gasteiger partial charge in [-0.05, 0) is 36.1 Å². The fourth-order valence-corrected chi connectivity index (χ4v) is 6.92. The molecule has 1 N–H and O–H groups in total. The molecule has 1 aliphatic heterocycles. The first-order chi connectivity index (χ1) is 16.1. The monoisotopic (exact) mass is 493 g/mol. The van der Waals surface area contributed by atoms with E-state index in [2.05, 4.69) is 7.05 Å². The molecule has 0 bridgehead atoms. The molecular weight excluding hydrogens is 469 g/mol. The van der Waals surface area contributed by atoms with Gasteiger partial charge in [-0.25, -0.2) is 9.97 Å². The quantitative estimate of drug-likeness (QED) is 0.244. The molecule has 4 aromatic rings. The van der Waals surface area contributed by atoms with E-state index in [9.17, 15) is 4.79 Å². The highest BCUT2D eigenvalue weighted by molar-refractivity contribution is 8.00. The Morgan fingerprint density at radius 1 is 1.06 bits per heavy atom. The number of hydrogen-bond donors (Lipinski definition) is 1. The van der Waals surface area contributed by atoms with Crippen molar-refractivity contribution in [2.45, 2.75) is 23.1 Å². The lowest BCUT2D eigenvalue weighted by atomic mass is 10.1. The van der Waals surface area contributed by atoms with Crippen molar-refractivity contribution >= 4 is 62.4 Å². The van der Waals surface area contributed by atoms with E-state index in [1.165, 1.54) is 27.1 Å². The number of hydrogen-bond acceptors (Lipinski definition) is 6. The van der Waals surface area contributed by atoms with Gasteiger partial charge in [-0.15, -0.1) is 11.3 Å². The average molecular weight is 494 g/mol. The molecule has 2 aromatic heterocycles. The molecule has 2 aromatic carbocycles. The van der Waals surface area contributed by atoms with Crippen LogP contribution in [0.3, 0.4) is 0 Å². The zero-order valence-corrected chi connectivity index (χ0v) is 21.0. The van der Waals surface area contributed by atoms with Gasteiger partial charge in [0.25, 0.3) is 0 Å². The summed E-state index contributed by atoms with van der Waals surface area (Å²) in [5, 5.41) is 2.85. The number of nitrogens with one attached hydrogen (secondary N) is 1. The molecular formula is C25H25N4OS3+. The highest BCUT2D eigenvalue weighted by Crippen LogP contribution is 2.38. The number of anilines is 2. The molecule has 8 heteroatoms. The van der Waals surface area contributed by atoms with Crippen LogP contribution in [0, 0.1) is 0 Å². The molecule has 33 heavy (non-hydrogen) atoms. The Morgan fingerprint density at radius 2 is 1.73 bits per heavy atom. The fourth-order valence-electron chi connectivity index (χ4n) is 4.14. The zero-order valence-electron chi connectivity index (χ0n) is 18.6. The number of carbonyl (C=O) groups is 1. The van der Waals surface area contributed by atoms with Gasteiger partial charge in [0.1, 0.15) is 16.4 Å². The van der Waals surface area contributed by atoms with E-state index in [4.69, 9.17) is 9.97 Å². The van der Waals surface area contributed by atoms with E-state index in [1.54, 1.807) is 28.0 Å². The van der Waals surface area contributed by atoms with Gasteiger partial charge in [-0.2, -0.15) is 0 Å². The number of carbonyl (C=O) groups excluding carboxylic acids is 1. The van der Waals surface area contributed by atoms with Crippen LogP contribution in [0.4, 0.5) is 11.4 Å². The summed E-state index contributed by atoms with van der Waals surface area (Å²) in [5.41, 5.74) is 3.11. The maximum atomic E-state index is 13.5. The van der Waals surface area contributed by atoms with Crippen molar-refractivity contribution in [2.75, 3.05) is 30.5 Å². The fraction of sp³-hybridized carbons (Fsp3) is 0.240. The van der Waals surface area contributed by atoms with Crippen molar-refractivity contribution in [3.63, 3.8) is 0 Å². The molecule has 5 nitrogen and oxygen atoms in total. The minimum absolute atomic E-state index is 0.0307. The molecule has 0 saturated carbocycles. The Bertz CT molecular complexity index is 1240. The topological polar surface area (TPSA) is 50.5 Å². The van der Waals surface area contributed by atoms with Crippen molar-refractivity contribution < 1.29 is 9.69 Å². The van der Waals surface area contributed by atoms with Crippen LogP contribution in [0.1, 0.15) is 10.4 Å². The summed E-state index contributed by atoms with van der Waals surface area (Å²) in [4.78, 5) is 28.9. The molecule has 5 rings (SSSR count). The summed E-state index contributed by atoms with van der Waals surface area (Å²) in [6.07, 6.45) is 3.03. The number of quaternary nitrogens is 1. The van der Waals surface area contributed by atoms with Crippen LogP contribution in [-0.2, 0) is 17.8 Å². The van der Waals surface area contributed by atoms with Crippen LogP contribution in [-0.4, -0.2) is 41.5 Å². The van der Waals surface area contributed by atoms with Gasteiger partial charge in [0, 0.05) is 23.2 Å². The lowest BCUT2D eigenvalue weighted by molar-refractivity contribution is -0.895. The Balaban J connectivity index is 1.48. The Kier molecular flexibility index (Phi) is 6.69. The highest BCUT2D eigenvalue weighted by atomic mass is 32.2. The number of amides is 1. The van der Waals surface area contributed by atoms with Gasteiger partial charge in [0.05, 0.1) is 24.2 Å². The van der Waals surface area contributed by atoms with Crippen LogP contribution >= 0.6 is 34.9 Å². The first-order valence-electron chi connectivity index (χ1n) is 10.9. The van der Waals surface area contributed by atoms with Crippen molar-refractivity contribution in [1.29, 1.82) is 0 Å². The van der Waals surface area contributed by atoms with Crippen molar-refractivity contribution in [1.82, 2.24) is 9.97 Å². The molecule has 1 atom stereocenters. The van der Waals surface area contributed by atoms with Gasteiger partial charge in [0.15, 0.2) is 5.16 Å².